The predicted molar refractivity (Wildman–Crippen MR) is 125 cm³/mol. The van der Waals surface area contributed by atoms with Gasteiger partial charge in [-0.15, -0.1) is 0 Å². The number of aromatic hydroxyl groups is 1. The molecule has 0 aliphatic carbocycles. The molecule has 1 heterocycles. The summed E-state index contributed by atoms with van der Waals surface area (Å²) in [6, 6.07) is 4.28. The quantitative estimate of drug-likeness (QED) is 0.357. The molecule has 1 fully saturated rings. The first kappa shape index (κ1) is 26.2. The van der Waals surface area contributed by atoms with Crippen LogP contribution >= 0.6 is 0 Å². The summed E-state index contributed by atoms with van der Waals surface area (Å²) < 4.78 is 0. The summed E-state index contributed by atoms with van der Waals surface area (Å²) in [4.78, 5) is 38.8. The summed E-state index contributed by atoms with van der Waals surface area (Å²) in [6.07, 6.45) is 1.44. The maximum Gasteiger partial charge on any atom is 0.259 e. The van der Waals surface area contributed by atoms with Gasteiger partial charge in [0.25, 0.3) is 5.91 Å². The van der Waals surface area contributed by atoms with Crippen LogP contribution in [0.3, 0.4) is 0 Å². The minimum atomic E-state index is -0.949. The van der Waals surface area contributed by atoms with Crippen LogP contribution in [0.4, 0.5) is 0 Å². The van der Waals surface area contributed by atoms with Crippen molar-refractivity contribution in [1.29, 1.82) is 0 Å². The smallest absolute Gasteiger partial charge is 0.259 e. The molecule has 9 nitrogen and oxygen atoms in total. The van der Waals surface area contributed by atoms with Crippen molar-refractivity contribution in [3.05, 3.63) is 42.2 Å². The number of aliphatic hydroxyl groups excluding tert-OH is 1. The Kier molecular flexibility index (Phi) is 9.28. The maximum atomic E-state index is 13.4. The Bertz CT molecular complexity index is 870. The second-order valence-electron chi connectivity index (χ2n) is 9.13. The average Bonchev–Trinajstić information content (AvgIpc) is 2.75. The molecule has 5 N–H and O–H groups in total. The van der Waals surface area contributed by atoms with E-state index >= 15 is 0 Å². The van der Waals surface area contributed by atoms with Gasteiger partial charge in [-0.05, 0) is 36.5 Å². The van der Waals surface area contributed by atoms with Crippen LogP contribution in [0.5, 0.6) is 5.75 Å². The van der Waals surface area contributed by atoms with E-state index in [9.17, 15) is 24.6 Å². The first-order valence-corrected chi connectivity index (χ1v) is 11.3. The Labute approximate surface area is 195 Å². The molecule has 1 aliphatic rings. The number of carbonyl (C=O) groups is 3. The number of carbonyl (C=O) groups excluding carboxylic acids is 3. The minimum Gasteiger partial charge on any atom is -0.511 e. The number of hydrazine groups is 1. The first-order valence-electron chi connectivity index (χ1n) is 11.3. The fourth-order valence-corrected chi connectivity index (χ4v) is 3.61. The largest absolute Gasteiger partial charge is 0.511 e. The molecular weight excluding hydrogens is 424 g/mol. The molecule has 33 heavy (non-hydrogen) atoms. The Morgan fingerprint density at radius 2 is 1.88 bits per heavy atom. The summed E-state index contributed by atoms with van der Waals surface area (Å²) in [7, 11) is 0. The van der Waals surface area contributed by atoms with E-state index in [2.05, 4.69) is 22.6 Å². The topological polar surface area (TPSA) is 131 Å². The fraction of sp³-hybridized carbons (Fsp3) is 0.542. The van der Waals surface area contributed by atoms with E-state index in [1.54, 1.807) is 26.0 Å². The van der Waals surface area contributed by atoms with Gasteiger partial charge >= 0.3 is 0 Å². The van der Waals surface area contributed by atoms with Gasteiger partial charge in [-0.2, -0.15) is 0 Å². The summed E-state index contributed by atoms with van der Waals surface area (Å²) >= 11 is 0. The van der Waals surface area contributed by atoms with Crippen molar-refractivity contribution in [2.75, 3.05) is 6.54 Å². The Morgan fingerprint density at radius 3 is 2.45 bits per heavy atom. The third-order valence-electron chi connectivity index (χ3n) is 5.59. The molecule has 1 saturated heterocycles. The van der Waals surface area contributed by atoms with Crippen LogP contribution < -0.4 is 16.1 Å². The molecule has 3 atom stereocenters. The fourth-order valence-electron chi connectivity index (χ4n) is 3.61. The normalized spacial score (nSPS) is 18.0. The molecule has 0 radical (unpaired) electrons. The zero-order valence-corrected chi connectivity index (χ0v) is 19.8. The molecule has 3 unspecified atom stereocenters. The van der Waals surface area contributed by atoms with Crippen LogP contribution in [-0.4, -0.2) is 57.6 Å². The van der Waals surface area contributed by atoms with Gasteiger partial charge in [-0.25, -0.2) is 5.43 Å². The van der Waals surface area contributed by atoms with Crippen molar-refractivity contribution in [3.63, 3.8) is 0 Å². The van der Waals surface area contributed by atoms with Gasteiger partial charge in [0.1, 0.15) is 23.6 Å². The standard InChI is InChI=1S/C24H36N4O5/c1-14(2)21(26-22(31)15(3)4)23(32)25-20(13-17-8-6-9-18(30)12-17)24(33)28-11-7-10-19(27-28)16(5)29/h6,8-9,12,14-15,19-21,27,29-30H,5,7,10-11,13H2,1-4H3,(H,25,32)(H,26,31). The van der Waals surface area contributed by atoms with E-state index in [0.717, 1.165) is 0 Å². The Hall–Kier alpha value is -3.07. The Morgan fingerprint density at radius 1 is 1.18 bits per heavy atom. The number of phenolic OH excluding ortho intramolecular Hbond substituents is 1. The molecule has 3 amide bonds. The number of amides is 3. The highest BCUT2D eigenvalue weighted by molar-refractivity contribution is 5.92. The monoisotopic (exact) mass is 460 g/mol. The lowest BCUT2D eigenvalue weighted by Crippen LogP contribution is -2.61. The molecule has 1 aromatic rings. The number of aliphatic hydroxyl groups is 1. The molecule has 2 rings (SSSR count). The molecular formula is C24H36N4O5. The second-order valence-corrected chi connectivity index (χ2v) is 9.13. The van der Waals surface area contributed by atoms with Gasteiger partial charge in [0.05, 0.1) is 6.04 Å². The van der Waals surface area contributed by atoms with E-state index in [1.165, 1.54) is 17.1 Å². The van der Waals surface area contributed by atoms with Gasteiger partial charge < -0.3 is 20.8 Å². The van der Waals surface area contributed by atoms with E-state index in [0.29, 0.717) is 24.9 Å². The van der Waals surface area contributed by atoms with Crippen LogP contribution in [-0.2, 0) is 20.8 Å². The van der Waals surface area contributed by atoms with Crippen molar-refractivity contribution >= 4 is 17.7 Å². The van der Waals surface area contributed by atoms with E-state index in [1.807, 2.05) is 13.8 Å². The lowest BCUT2D eigenvalue weighted by molar-refractivity contribution is -0.142. The zero-order chi connectivity index (χ0) is 24.7. The summed E-state index contributed by atoms with van der Waals surface area (Å²) in [6.45, 7) is 11.1. The summed E-state index contributed by atoms with van der Waals surface area (Å²) in [5.74, 6) is -1.57. The number of phenols is 1. The second kappa shape index (κ2) is 11.7. The van der Waals surface area contributed by atoms with Crippen LogP contribution in [0.1, 0.15) is 46.1 Å². The van der Waals surface area contributed by atoms with Gasteiger partial charge in [0.15, 0.2) is 0 Å². The maximum absolute atomic E-state index is 13.4. The number of hydrogen-bond acceptors (Lipinski definition) is 6. The SMILES string of the molecule is C=C(O)C1CCCN(C(=O)C(Cc2cccc(O)c2)NC(=O)C(NC(=O)C(C)C)C(C)C)N1. The number of benzene rings is 1. The first-order chi connectivity index (χ1) is 15.5. The molecule has 0 spiro atoms. The van der Waals surface area contributed by atoms with Gasteiger partial charge in [0, 0.05) is 18.9 Å². The van der Waals surface area contributed by atoms with Crippen LogP contribution in [0, 0.1) is 11.8 Å². The molecule has 1 aliphatic heterocycles. The number of hydrogen-bond donors (Lipinski definition) is 5. The van der Waals surface area contributed by atoms with Crippen molar-refractivity contribution in [2.45, 2.75) is 65.1 Å². The molecule has 9 heteroatoms. The van der Waals surface area contributed by atoms with Crippen LogP contribution in [0.2, 0.25) is 0 Å². The number of nitrogens with one attached hydrogen (secondary N) is 3. The van der Waals surface area contributed by atoms with Crippen molar-refractivity contribution in [1.82, 2.24) is 21.1 Å². The van der Waals surface area contributed by atoms with Crippen LogP contribution in [0.25, 0.3) is 0 Å². The highest BCUT2D eigenvalue weighted by Gasteiger charge is 2.33. The number of rotatable bonds is 9. The molecule has 0 aromatic heterocycles. The lowest BCUT2D eigenvalue weighted by atomic mass is 9.99. The van der Waals surface area contributed by atoms with Gasteiger partial charge in [-0.3, -0.25) is 19.4 Å². The highest BCUT2D eigenvalue weighted by atomic mass is 16.3. The van der Waals surface area contributed by atoms with Crippen LogP contribution in [0.15, 0.2) is 36.6 Å². The third kappa shape index (κ3) is 7.49. The molecule has 182 valence electrons. The molecule has 0 bridgehead atoms. The van der Waals surface area contributed by atoms with Crippen molar-refractivity contribution in [2.24, 2.45) is 11.8 Å². The Balaban J connectivity index is 2.25. The average molecular weight is 461 g/mol. The predicted octanol–water partition coefficient (Wildman–Crippen LogP) is 1.78. The van der Waals surface area contributed by atoms with Gasteiger partial charge in [0.2, 0.25) is 11.8 Å². The molecule has 0 saturated carbocycles. The zero-order valence-electron chi connectivity index (χ0n) is 19.8. The van der Waals surface area contributed by atoms with Crippen molar-refractivity contribution in [3.8, 4) is 5.75 Å². The highest BCUT2D eigenvalue weighted by Crippen LogP contribution is 2.17. The molecule has 1 aromatic carbocycles. The summed E-state index contributed by atoms with van der Waals surface area (Å²) in [5.41, 5.74) is 3.63. The third-order valence-corrected chi connectivity index (χ3v) is 5.59. The van der Waals surface area contributed by atoms with E-state index in [-0.39, 0.29) is 41.6 Å². The van der Waals surface area contributed by atoms with Gasteiger partial charge in [-0.1, -0.05) is 46.4 Å². The lowest BCUT2D eigenvalue weighted by Gasteiger charge is -2.36. The minimum absolute atomic E-state index is 0.0574. The van der Waals surface area contributed by atoms with E-state index < -0.39 is 24.0 Å². The number of nitrogens with zero attached hydrogens (tertiary/aromatic N) is 1. The van der Waals surface area contributed by atoms with Crippen molar-refractivity contribution < 1.29 is 24.6 Å². The summed E-state index contributed by atoms with van der Waals surface area (Å²) in [5, 5.41) is 26.5. The van der Waals surface area contributed by atoms with E-state index in [4.69, 9.17) is 0 Å².